The zero-order valence-electron chi connectivity index (χ0n) is 11.6. The molecule has 2 rings (SSSR count). The summed E-state index contributed by atoms with van der Waals surface area (Å²) in [6.45, 7) is 0. The summed E-state index contributed by atoms with van der Waals surface area (Å²) >= 11 is 11.9. The highest BCUT2D eigenvalue weighted by atomic mass is 35.5. The third-order valence-corrected chi connectivity index (χ3v) is 3.52. The van der Waals surface area contributed by atoms with E-state index in [0.717, 1.165) is 0 Å². The maximum absolute atomic E-state index is 12.6. The normalized spacial score (nSPS) is 10.3. The van der Waals surface area contributed by atoms with Gasteiger partial charge in [-0.15, -0.1) is 0 Å². The number of carbonyl (C=O) groups excluding carboxylic acids is 1. The molecule has 21 heavy (non-hydrogen) atoms. The molecular formula is C15H14Cl2N2O2. The lowest BCUT2D eigenvalue weighted by Gasteiger charge is -2.20. The Hall–Kier alpha value is -1.91. The highest BCUT2D eigenvalue weighted by Crippen LogP contribution is 2.30. The molecule has 6 heteroatoms. The summed E-state index contributed by atoms with van der Waals surface area (Å²) in [6, 6.07) is 9.79. The second-order valence-corrected chi connectivity index (χ2v) is 5.28. The molecule has 0 radical (unpaired) electrons. The molecule has 0 saturated heterocycles. The Morgan fingerprint density at radius 3 is 2.43 bits per heavy atom. The lowest BCUT2D eigenvalue weighted by Crippen LogP contribution is -2.27. The number of rotatable bonds is 3. The van der Waals surface area contributed by atoms with Gasteiger partial charge in [-0.05, 0) is 36.4 Å². The van der Waals surface area contributed by atoms with Gasteiger partial charge in [-0.1, -0.05) is 23.2 Å². The summed E-state index contributed by atoms with van der Waals surface area (Å²) in [5.74, 6) is 0.137. The first kappa shape index (κ1) is 15.5. The van der Waals surface area contributed by atoms with Crippen LogP contribution in [0.2, 0.25) is 10.0 Å². The molecule has 4 nitrogen and oxygen atoms in total. The summed E-state index contributed by atoms with van der Waals surface area (Å²) in [5, 5.41) is 0.996. The minimum Gasteiger partial charge on any atom is -0.496 e. The summed E-state index contributed by atoms with van der Waals surface area (Å²) in [5.41, 5.74) is 7.28. The van der Waals surface area contributed by atoms with E-state index < -0.39 is 0 Å². The number of hydrogen-bond acceptors (Lipinski definition) is 3. The molecular weight excluding hydrogens is 311 g/mol. The predicted molar refractivity (Wildman–Crippen MR) is 86.6 cm³/mol. The first-order valence-electron chi connectivity index (χ1n) is 6.10. The van der Waals surface area contributed by atoms with Crippen molar-refractivity contribution in [3.63, 3.8) is 0 Å². The van der Waals surface area contributed by atoms with Gasteiger partial charge in [-0.3, -0.25) is 4.79 Å². The SMILES string of the molecule is COc1cc(Cl)ccc1C(=O)N(C)c1cc(Cl)ccc1N. The lowest BCUT2D eigenvalue weighted by atomic mass is 10.1. The summed E-state index contributed by atoms with van der Waals surface area (Å²) < 4.78 is 5.20. The van der Waals surface area contributed by atoms with Gasteiger partial charge in [-0.25, -0.2) is 0 Å². The van der Waals surface area contributed by atoms with Crippen LogP contribution in [0.3, 0.4) is 0 Å². The van der Waals surface area contributed by atoms with Gasteiger partial charge in [0, 0.05) is 17.1 Å². The average Bonchev–Trinajstić information content (AvgIpc) is 2.48. The molecule has 0 aliphatic heterocycles. The maximum atomic E-state index is 12.6. The molecule has 0 aliphatic carbocycles. The standard InChI is InChI=1S/C15H14Cl2N2O2/c1-19(13-7-9(16)4-6-12(13)18)15(20)11-5-3-10(17)8-14(11)21-2/h3-8H,18H2,1-2H3. The number of nitrogens with zero attached hydrogens (tertiary/aromatic N) is 1. The molecule has 110 valence electrons. The van der Waals surface area contributed by atoms with E-state index in [0.29, 0.717) is 32.7 Å². The largest absolute Gasteiger partial charge is 0.496 e. The second-order valence-electron chi connectivity index (χ2n) is 4.41. The zero-order chi connectivity index (χ0) is 15.6. The van der Waals surface area contributed by atoms with Crippen molar-refractivity contribution in [1.29, 1.82) is 0 Å². The number of hydrogen-bond donors (Lipinski definition) is 1. The molecule has 0 saturated carbocycles. The Balaban J connectivity index is 2.42. The van der Waals surface area contributed by atoms with E-state index in [1.807, 2.05) is 0 Å². The first-order valence-corrected chi connectivity index (χ1v) is 6.86. The van der Waals surface area contributed by atoms with Crippen LogP contribution in [0.4, 0.5) is 11.4 Å². The number of anilines is 2. The molecule has 2 aromatic rings. The number of methoxy groups -OCH3 is 1. The zero-order valence-corrected chi connectivity index (χ0v) is 13.1. The van der Waals surface area contributed by atoms with Gasteiger partial charge >= 0.3 is 0 Å². The van der Waals surface area contributed by atoms with Crippen LogP contribution in [0.5, 0.6) is 5.75 Å². The molecule has 0 heterocycles. The van der Waals surface area contributed by atoms with Crippen molar-refractivity contribution in [2.24, 2.45) is 0 Å². The smallest absolute Gasteiger partial charge is 0.261 e. The molecule has 0 unspecified atom stereocenters. The number of nitrogens with two attached hydrogens (primary N) is 1. The van der Waals surface area contributed by atoms with E-state index >= 15 is 0 Å². The van der Waals surface area contributed by atoms with E-state index in [2.05, 4.69) is 0 Å². The number of halogens is 2. The average molecular weight is 325 g/mol. The Morgan fingerprint density at radius 2 is 1.76 bits per heavy atom. The third-order valence-electron chi connectivity index (χ3n) is 3.05. The number of nitrogen functional groups attached to an aromatic ring is 1. The van der Waals surface area contributed by atoms with Crippen LogP contribution >= 0.6 is 23.2 Å². The van der Waals surface area contributed by atoms with E-state index in [1.165, 1.54) is 12.0 Å². The topological polar surface area (TPSA) is 55.6 Å². The van der Waals surface area contributed by atoms with Gasteiger partial charge < -0.3 is 15.4 Å². The predicted octanol–water partition coefficient (Wildman–Crippen LogP) is 3.86. The minimum absolute atomic E-state index is 0.266. The van der Waals surface area contributed by atoms with Crippen molar-refractivity contribution in [3.8, 4) is 5.75 Å². The molecule has 0 spiro atoms. The molecule has 0 fully saturated rings. The maximum Gasteiger partial charge on any atom is 0.261 e. The fraction of sp³-hybridized carbons (Fsp3) is 0.133. The van der Waals surface area contributed by atoms with Crippen molar-refractivity contribution in [3.05, 3.63) is 52.0 Å². The highest BCUT2D eigenvalue weighted by Gasteiger charge is 2.19. The van der Waals surface area contributed by atoms with E-state index in [9.17, 15) is 4.79 Å². The molecule has 2 N–H and O–H groups in total. The van der Waals surface area contributed by atoms with Crippen LogP contribution in [0.15, 0.2) is 36.4 Å². The van der Waals surface area contributed by atoms with Gasteiger partial charge in [0.25, 0.3) is 5.91 Å². The number of ether oxygens (including phenoxy) is 1. The van der Waals surface area contributed by atoms with Crippen LogP contribution in [0, 0.1) is 0 Å². The Labute approximate surface area is 133 Å². The summed E-state index contributed by atoms with van der Waals surface area (Å²) in [6.07, 6.45) is 0. The lowest BCUT2D eigenvalue weighted by molar-refractivity contribution is 0.0990. The van der Waals surface area contributed by atoms with Crippen LogP contribution in [0.1, 0.15) is 10.4 Å². The number of benzene rings is 2. The van der Waals surface area contributed by atoms with Crippen LogP contribution < -0.4 is 15.4 Å². The minimum atomic E-state index is -0.266. The fourth-order valence-electron chi connectivity index (χ4n) is 1.94. The summed E-state index contributed by atoms with van der Waals surface area (Å²) in [7, 11) is 3.11. The molecule has 0 aromatic heterocycles. The van der Waals surface area contributed by atoms with Crippen molar-refractivity contribution in [2.45, 2.75) is 0 Å². The van der Waals surface area contributed by atoms with Crippen molar-refractivity contribution >= 4 is 40.5 Å². The van der Waals surface area contributed by atoms with Gasteiger partial charge in [0.05, 0.1) is 24.0 Å². The van der Waals surface area contributed by atoms with Gasteiger partial charge in [-0.2, -0.15) is 0 Å². The quantitative estimate of drug-likeness (QED) is 0.872. The Kier molecular flexibility index (Phi) is 4.60. The Bertz CT molecular complexity index is 689. The molecule has 1 amide bonds. The monoisotopic (exact) mass is 324 g/mol. The number of amides is 1. The van der Waals surface area contributed by atoms with Crippen molar-refractivity contribution in [1.82, 2.24) is 0 Å². The fourth-order valence-corrected chi connectivity index (χ4v) is 2.27. The molecule has 0 aliphatic rings. The van der Waals surface area contributed by atoms with Gasteiger partial charge in [0.2, 0.25) is 0 Å². The van der Waals surface area contributed by atoms with E-state index in [4.69, 9.17) is 33.7 Å². The second kappa shape index (κ2) is 6.24. The van der Waals surface area contributed by atoms with E-state index in [-0.39, 0.29) is 5.91 Å². The van der Waals surface area contributed by atoms with E-state index in [1.54, 1.807) is 43.4 Å². The Morgan fingerprint density at radius 1 is 1.14 bits per heavy atom. The van der Waals surface area contributed by atoms with Crippen LogP contribution in [-0.2, 0) is 0 Å². The van der Waals surface area contributed by atoms with Gasteiger partial charge in [0.1, 0.15) is 5.75 Å². The first-order chi connectivity index (χ1) is 9.93. The molecule has 2 aromatic carbocycles. The molecule has 0 atom stereocenters. The number of carbonyl (C=O) groups is 1. The van der Waals surface area contributed by atoms with Gasteiger partial charge in [0.15, 0.2) is 0 Å². The van der Waals surface area contributed by atoms with Crippen molar-refractivity contribution in [2.75, 3.05) is 24.8 Å². The summed E-state index contributed by atoms with van der Waals surface area (Å²) in [4.78, 5) is 14.0. The third kappa shape index (κ3) is 3.23. The van der Waals surface area contributed by atoms with Crippen LogP contribution in [-0.4, -0.2) is 20.1 Å². The van der Waals surface area contributed by atoms with Crippen molar-refractivity contribution < 1.29 is 9.53 Å². The van der Waals surface area contributed by atoms with Crippen LogP contribution in [0.25, 0.3) is 0 Å². The highest BCUT2D eigenvalue weighted by molar-refractivity contribution is 6.31. The molecule has 0 bridgehead atoms.